The van der Waals surface area contributed by atoms with Crippen LogP contribution in [-0.2, 0) is 0 Å². The van der Waals surface area contributed by atoms with E-state index in [4.69, 9.17) is 34.8 Å². The van der Waals surface area contributed by atoms with Crippen molar-refractivity contribution in [3.63, 3.8) is 0 Å². The first-order valence-corrected chi connectivity index (χ1v) is 6.45. The number of nitrogens with zero attached hydrogens (tertiary/aromatic N) is 1. The zero-order valence-corrected chi connectivity index (χ0v) is 12.0. The van der Waals surface area contributed by atoms with E-state index in [9.17, 15) is 4.79 Å². The Kier molecular flexibility index (Phi) is 5.57. The van der Waals surface area contributed by atoms with Gasteiger partial charge in [0.05, 0.1) is 0 Å². The molecular weight excluding hydrogens is 280 g/mol. The summed E-state index contributed by atoms with van der Waals surface area (Å²) in [6.07, 6.45) is 0.748. The van der Waals surface area contributed by atoms with Gasteiger partial charge in [-0.1, -0.05) is 23.2 Å². The second kappa shape index (κ2) is 6.48. The molecule has 1 atom stereocenters. The van der Waals surface area contributed by atoms with Gasteiger partial charge in [0, 0.05) is 34.6 Å². The van der Waals surface area contributed by atoms with Gasteiger partial charge in [-0.15, -0.1) is 11.6 Å². The summed E-state index contributed by atoms with van der Waals surface area (Å²) in [7, 11) is 1.73. The van der Waals surface area contributed by atoms with Crippen LogP contribution in [-0.4, -0.2) is 29.8 Å². The topological polar surface area (TPSA) is 20.3 Å². The molecule has 0 bridgehead atoms. The van der Waals surface area contributed by atoms with Crippen LogP contribution in [0, 0.1) is 0 Å². The quantitative estimate of drug-likeness (QED) is 0.766. The Labute approximate surface area is 116 Å². The lowest BCUT2D eigenvalue weighted by Gasteiger charge is -2.18. The Morgan fingerprint density at radius 3 is 2.29 bits per heavy atom. The largest absolute Gasteiger partial charge is 0.342 e. The fourth-order valence-electron chi connectivity index (χ4n) is 1.37. The summed E-state index contributed by atoms with van der Waals surface area (Å²) in [5.41, 5.74) is 0.493. The van der Waals surface area contributed by atoms with Gasteiger partial charge in [0.1, 0.15) is 0 Å². The standard InChI is InChI=1S/C12H14Cl3NO/c1-8(13)3-4-16(2)12(17)9-5-10(14)7-11(15)6-9/h5-8H,3-4H2,1-2H3. The van der Waals surface area contributed by atoms with Gasteiger partial charge >= 0.3 is 0 Å². The van der Waals surface area contributed by atoms with Crippen LogP contribution in [0.25, 0.3) is 0 Å². The van der Waals surface area contributed by atoms with E-state index in [1.165, 1.54) is 0 Å². The molecule has 0 saturated heterocycles. The summed E-state index contributed by atoms with van der Waals surface area (Å²) < 4.78 is 0. The van der Waals surface area contributed by atoms with Crippen molar-refractivity contribution in [1.82, 2.24) is 4.90 Å². The van der Waals surface area contributed by atoms with E-state index in [1.54, 1.807) is 30.1 Å². The third-order valence-corrected chi connectivity index (χ3v) is 2.97. The average molecular weight is 295 g/mol. The number of hydrogen-bond acceptors (Lipinski definition) is 1. The minimum atomic E-state index is -0.105. The Bertz CT molecular complexity index is 386. The zero-order valence-electron chi connectivity index (χ0n) is 9.71. The molecule has 0 aliphatic heterocycles. The molecule has 1 aromatic carbocycles. The third-order valence-electron chi connectivity index (χ3n) is 2.32. The molecule has 1 rings (SSSR count). The number of hydrogen-bond donors (Lipinski definition) is 0. The highest BCUT2D eigenvalue weighted by molar-refractivity contribution is 6.35. The van der Waals surface area contributed by atoms with Gasteiger partial charge in [-0.2, -0.15) is 0 Å². The van der Waals surface area contributed by atoms with Gasteiger partial charge in [-0.05, 0) is 31.5 Å². The van der Waals surface area contributed by atoms with Gasteiger partial charge in [0.15, 0.2) is 0 Å². The highest BCUT2D eigenvalue weighted by Gasteiger charge is 2.13. The fraction of sp³-hybridized carbons (Fsp3) is 0.417. The molecule has 1 aromatic rings. The Morgan fingerprint density at radius 1 is 1.29 bits per heavy atom. The van der Waals surface area contributed by atoms with Crippen LogP contribution in [0.2, 0.25) is 10.0 Å². The van der Waals surface area contributed by atoms with E-state index in [0.717, 1.165) is 6.42 Å². The van der Waals surface area contributed by atoms with E-state index in [2.05, 4.69) is 0 Å². The number of carbonyl (C=O) groups excluding carboxylic acids is 1. The molecule has 0 fully saturated rings. The normalized spacial score (nSPS) is 12.3. The number of alkyl halides is 1. The first-order chi connectivity index (χ1) is 7.90. The summed E-state index contributed by atoms with van der Waals surface area (Å²) >= 11 is 17.5. The van der Waals surface area contributed by atoms with Crippen LogP contribution in [0.15, 0.2) is 18.2 Å². The van der Waals surface area contributed by atoms with E-state index < -0.39 is 0 Å². The lowest BCUT2D eigenvalue weighted by atomic mass is 10.2. The molecular formula is C12H14Cl3NO. The van der Waals surface area contributed by atoms with Gasteiger partial charge in [-0.25, -0.2) is 0 Å². The fourth-order valence-corrected chi connectivity index (χ4v) is 1.99. The number of amides is 1. The molecule has 94 valence electrons. The van der Waals surface area contributed by atoms with Crippen LogP contribution in [0.4, 0.5) is 0 Å². The van der Waals surface area contributed by atoms with Crippen LogP contribution in [0.3, 0.4) is 0 Å². The second-order valence-electron chi connectivity index (χ2n) is 3.95. The van der Waals surface area contributed by atoms with Crippen molar-refractivity contribution in [3.8, 4) is 0 Å². The summed E-state index contributed by atoms with van der Waals surface area (Å²) in [4.78, 5) is 13.6. The van der Waals surface area contributed by atoms with Crippen LogP contribution < -0.4 is 0 Å². The Hall–Kier alpha value is -0.440. The minimum absolute atomic E-state index is 0.0493. The van der Waals surface area contributed by atoms with Gasteiger partial charge < -0.3 is 4.90 Å². The second-order valence-corrected chi connectivity index (χ2v) is 5.57. The molecule has 5 heteroatoms. The Balaban J connectivity index is 2.74. The van der Waals surface area contributed by atoms with Gasteiger partial charge in [0.2, 0.25) is 0 Å². The summed E-state index contributed by atoms with van der Waals surface area (Å²) in [5.74, 6) is -0.105. The first-order valence-electron chi connectivity index (χ1n) is 5.26. The molecule has 0 aromatic heterocycles. The number of carbonyl (C=O) groups is 1. The number of rotatable bonds is 4. The lowest BCUT2D eigenvalue weighted by molar-refractivity contribution is 0.0793. The van der Waals surface area contributed by atoms with Crippen molar-refractivity contribution in [2.24, 2.45) is 0 Å². The molecule has 0 saturated carbocycles. The highest BCUT2D eigenvalue weighted by atomic mass is 35.5. The molecule has 0 heterocycles. The van der Waals surface area contributed by atoms with E-state index in [0.29, 0.717) is 22.2 Å². The zero-order chi connectivity index (χ0) is 13.0. The average Bonchev–Trinajstić information content (AvgIpc) is 2.23. The molecule has 0 aliphatic carbocycles. The molecule has 1 amide bonds. The van der Waals surface area contributed by atoms with Crippen molar-refractivity contribution >= 4 is 40.7 Å². The van der Waals surface area contributed by atoms with Crippen LogP contribution in [0.5, 0.6) is 0 Å². The van der Waals surface area contributed by atoms with Crippen molar-refractivity contribution in [2.75, 3.05) is 13.6 Å². The highest BCUT2D eigenvalue weighted by Crippen LogP contribution is 2.20. The lowest BCUT2D eigenvalue weighted by Crippen LogP contribution is -2.28. The van der Waals surface area contributed by atoms with Crippen molar-refractivity contribution in [1.29, 1.82) is 0 Å². The maximum Gasteiger partial charge on any atom is 0.253 e. The van der Waals surface area contributed by atoms with E-state index in [-0.39, 0.29) is 11.3 Å². The minimum Gasteiger partial charge on any atom is -0.342 e. The third kappa shape index (κ3) is 4.74. The molecule has 2 nitrogen and oxygen atoms in total. The molecule has 0 radical (unpaired) electrons. The monoisotopic (exact) mass is 293 g/mol. The molecule has 0 N–H and O–H groups in total. The van der Waals surface area contributed by atoms with Crippen LogP contribution in [0.1, 0.15) is 23.7 Å². The summed E-state index contributed by atoms with van der Waals surface area (Å²) in [6, 6.07) is 4.81. The molecule has 0 spiro atoms. The van der Waals surface area contributed by atoms with E-state index >= 15 is 0 Å². The van der Waals surface area contributed by atoms with Crippen molar-refractivity contribution < 1.29 is 4.79 Å². The molecule has 17 heavy (non-hydrogen) atoms. The predicted octanol–water partition coefficient (Wildman–Crippen LogP) is 4.08. The van der Waals surface area contributed by atoms with Crippen molar-refractivity contribution in [2.45, 2.75) is 18.7 Å². The Morgan fingerprint density at radius 2 is 1.82 bits per heavy atom. The number of halogens is 3. The first kappa shape index (κ1) is 14.6. The molecule has 1 unspecified atom stereocenters. The SMILES string of the molecule is CC(Cl)CCN(C)C(=O)c1cc(Cl)cc(Cl)c1. The maximum atomic E-state index is 12.0. The van der Waals surface area contributed by atoms with Crippen molar-refractivity contribution in [3.05, 3.63) is 33.8 Å². The maximum absolute atomic E-state index is 12.0. The predicted molar refractivity (Wildman–Crippen MR) is 73.4 cm³/mol. The van der Waals surface area contributed by atoms with E-state index in [1.807, 2.05) is 6.92 Å². The summed E-state index contributed by atoms with van der Waals surface area (Å²) in [5, 5.41) is 0.966. The number of benzene rings is 1. The summed E-state index contributed by atoms with van der Waals surface area (Å²) in [6.45, 7) is 2.50. The molecule has 0 aliphatic rings. The smallest absolute Gasteiger partial charge is 0.253 e. The van der Waals surface area contributed by atoms with Gasteiger partial charge in [0.25, 0.3) is 5.91 Å². The van der Waals surface area contributed by atoms with Gasteiger partial charge in [-0.3, -0.25) is 4.79 Å². The van der Waals surface area contributed by atoms with Crippen LogP contribution >= 0.6 is 34.8 Å².